The second-order valence-electron chi connectivity index (χ2n) is 5.91. The average molecular weight is 234 g/mol. The second-order valence-corrected chi connectivity index (χ2v) is 12.1. The van der Waals surface area contributed by atoms with Gasteiger partial charge in [-0.05, 0) is 61.7 Å². The summed E-state index contributed by atoms with van der Waals surface area (Å²) in [7, 11) is 4.29. The van der Waals surface area contributed by atoms with E-state index >= 15 is 0 Å². The van der Waals surface area contributed by atoms with E-state index in [0.717, 1.165) is 23.2 Å². The lowest BCUT2D eigenvalue weighted by atomic mass is 9.50. The van der Waals surface area contributed by atoms with Crippen LogP contribution in [0.4, 0.5) is 0 Å². The van der Waals surface area contributed by atoms with Crippen molar-refractivity contribution in [2.45, 2.75) is 38.5 Å². The van der Waals surface area contributed by atoms with Crippen LogP contribution in [0.15, 0.2) is 0 Å². The number of hydrogen-bond acceptors (Lipinski definition) is 0. The van der Waals surface area contributed by atoms with Gasteiger partial charge in [-0.2, -0.15) is 0 Å². The Balaban J connectivity index is 1.74. The minimum absolute atomic E-state index is 0.830. The van der Waals surface area contributed by atoms with Crippen LogP contribution in [0, 0.1) is 23.2 Å². The molecule has 0 aromatic carbocycles. The Morgan fingerprint density at radius 2 is 1.50 bits per heavy atom. The van der Waals surface area contributed by atoms with E-state index in [1.807, 2.05) is 0 Å². The quantitative estimate of drug-likeness (QED) is 0.483. The van der Waals surface area contributed by atoms with E-state index in [-0.39, 0.29) is 0 Å². The summed E-state index contributed by atoms with van der Waals surface area (Å²) >= 11 is 0. The largest absolute Gasteiger partial charge is 0.127 e. The van der Waals surface area contributed by atoms with Crippen LogP contribution < -0.4 is 0 Å². The van der Waals surface area contributed by atoms with Crippen molar-refractivity contribution in [1.82, 2.24) is 0 Å². The first-order chi connectivity index (χ1) is 6.84. The number of hydrogen-bond donors (Lipinski definition) is 0. The van der Waals surface area contributed by atoms with Gasteiger partial charge in [0.05, 0.1) is 17.6 Å². The van der Waals surface area contributed by atoms with Crippen LogP contribution in [-0.4, -0.2) is 22.4 Å². The zero-order valence-corrected chi connectivity index (χ0v) is 11.3. The fourth-order valence-electron chi connectivity index (χ4n) is 4.77. The summed E-state index contributed by atoms with van der Waals surface area (Å²) in [5.74, 6) is 3.46. The van der Waals surface area contributed by atoms with E-state index in [0.29, 0.717) is 0 Å². The molecule has 3 heteroatoms. The minimum atomic E-state index is 0.830. The molecule has 2 radical (unpaired) electrons. The molecule has 0 unspecified atom stereocenters. The Morgan fingerprint density at radius 1 is 1.00 bits per heavy atom. The maximum atomic E-state index is 2.05. The van der Waals surface area contributed by atoms with Crippen molar-refractivity contribution in [3.05, 3.63) is 0 Å². The molecule has 0 aromatic rings. The molecule has 0 N–H and O–H groups in total. The normalized spacial score (nSPS) is 54.3. The van der Waals surface area contributed by atoms with Gasteiger partial charge in [-0.25, -0.2) is 0 Å². The van der Waals surface area contributed by atoms with Crippen molar-refractivity contribution in [2.24, 2.45) is 23.2 Å². The van der Waals surface area contributed by atoms with Crippen LogP contribution in [0.1, 0.15) is 38.5 Å². The maximum absolute atomic E-state index is 2.05. The molecule has 4 fully saturated rings. The Hall–Kier alpha value is 0.604. The molecule has 0 aromatic heterocycles. The third-order valence-corrected chi connectivity index (χ3v) is 12.7. The Morgan fingerprint density at radius 3 is 1.86 bits per heavy atom. The summed E-state index contributed by atoms with van der Waals surface area (Å²) in [4.78, 5) is 2.05. The van der Waals surface area contributed by atoms with Gasteiger partial charge in [0.15, 0.2) is 0 Å². The molecule has 14 heavy (non-hydrogen) atoms. The fourth-order valence-corrected chi connectivity index (χ4v) is 10.2. The monoisotopic (exact) mass is 234 g/mol. The van der Waals surface area contributed by atoms with Crippen LogP contribution in [0.5, 0.6) is 0 Å². The van der Waals surface area contributed by atoms with Gasteiger partial charge in [-0.15, -0.1) is 7.27 Å². The lowest BCUT2D eigenvalue weighted by Crippen LogP contribution is -2.52. The molecular formula is C11H15PSi2. The summed E-state index contributed by atoms with van der Waals surface area (Å²) in [6.07, 6.45) is 9.67. The zero-order valence-electron chi connectivity index (χ0n) is 8.42. The highest BCUT2D eigenvalue weighted by Gasteiger charge is 2.52. The predicted octanol–water partition coefficient (Wildman–Crippen LogP) is 2.53. The smallest absolute Gasteiger partial charge is 0.0835 e. The molecule has 5 rings (SSSR count). The standard InChI is InChI=1S/C11H15PSi2/c1-7-2-9-3-8(1)5-11(4-7,6-9)10-13-12-14-10/h7-9H,1-6H2. The first-order valence-corrected chi connectivity index (χ1v) is 10.5. The molecular weight excluding hydrogens is 219 g/mol. The van der Waals surface area contributed by atoms with Crippen LogP contribution in [-0.2, 0) is 0 Å². The van der Waals surface area contributed by atoms with Gasteiger partial charge in [0.2, 0.25) is 0 Å². The molecule has 0 amide bonds. The van der Waals surface area contributed by atoms with Gasteiger partial charge in [0, 0.05) is 0 Å². The van der Waals surface area contributed by atoms with E-state index in [4.69, 9.17) is 0 Å². The molecule has 4 saturated carbocycles. The van der Waals surface area contributed by atoms with Crippen molar-refractivity contribution in [2.75, 3.05) is 0 Å². The summed E-state index contributed by atoms with van der Waals surface area (Å²) in [6.45, 7) is 0. The molecule has 5 aliphatic rings. The maximum Gasteiger partial charge on any atom is 0.0835 e. The van der Waals surface area contributed by atoms with Crippen LogP contribution >= 0.6 is 7.27 Å². The number of rotatable bonds is 1. The third-order valence-electron chi connectivity index (χ3n) is 4.90. The van der Waals surface area contributed by atoms with E-state index < -0.39 is 0 Å². The molecule has 4 aliphatic carbocycles. The van der Waals surface area contributed by atoms with Gasteiger partial charge in [-0.1, -0.05) is 4.79 Å². The molecule has 72 valence electrons. The molecule has 0 spiro atoms. The molecule has 0 saturated heterocycles. The average Bonchev–Trinajstić information content (AvgIpc) is 1.95. The first-order valence-electron chi connectivity index (χ1n) is 5.93. The van der Waals surface area contributed by atoms with Crippen molar-refractivity contribution in [1.29, 1.82) is 0 Å². The molecule has 1 heterocycles. The van der Waals surface area contributed by atoms with Crippen molar-refractivity contribution < 1.29 is 0 Å². The van der Waals surface area contributed by atoms with E-state index in [1.165, 1.54) is 17.6 Å². The van der Waals surface area contributed by atoms with E-state index in [2.05, 4.69) is 4.79 Å². The highest BCUT2D eigenvalue weighted by atomic mass is 31.4. The summed E-state index contributed by atoms with van der Waals surface area (Å²) in [5.41, 5.74) is 0.830. The van der Waals surface area contributed by atoms with Gasteiger partial charge >= 0.3 is 0 Å². The highest BCUT2D eigenvalue weighted by Crippen LogP contribution is 2.60. The van der Waals surface area contributed by atoms with Crippen LogP contribution in [0.3, 0.4) is 0 Å². The fraction of sp³-hybridized carbons (Fsp3) is 0.909. The topological polar surface area (TPSA) is 0 Å². The minimum Gasteiger partial charge on any atom is -0.127 e. The van der Waals surface area contributed by atoms with Gasteiger partial charge in [-0.3, -0.25) is 0 Å². The molecule has 0 atom stereocenters. The van der Waals surface area contributed by atoms with Crippen LogP contribution in [0.2, 0.25) is 0 Å². The lowest BCUT2D eigenvalue weighted by Gasteiger charge is -2.58. The van der Waals surface area contributed by atoms with Crippen molar-refractivity contribution in [3.63, 3.8) is 0 Å². The van der Waals surface area contributed by atoms with E-state index in [1.54, 1.807) is 45.8 Å². The first kappa shape index (κ1) is 8.72. The Kier molecular flexibility index (Phi) is 1.77. The molecule has 0 nitrogen and oxygen atoms in total. The molecule has 4 bridgehead atoms. The summed E-state index contributed by atoms with van der Waals surface area (Å²) in [5, 5.41) is 0. The van der Waals surface area contributed by atoms with Gasteiger partial charge in [0.25, 0.3) is 0 Å². The molecule has 1 aliphatic heterocycles. The Labute approximate surface area is 91.5 Å². The summed E-state index contributed by atoms with van der Waals surface area (Å²) < 4.78 is 0. The van der Waals surface area contributed by atoms with Crippen molar-refractivity contribution in [3.8, 4) is 0 Å². The van der Waals surface area contributed by atoms with Gasteiger partial charge < -0.3 is 0 Å². The highest BCUT2D eigenvalue weighted by molar-refractivity contribution is 7.86. The summed E-state index contributed by atoms with van der Waals surface area (Å²) in [6, 6.07) is 0. The second kappa shape index (κ2) is 2.84. The predicted molar refractivity (Wildman–Crippen MR) is 64.0 cm³/mol. The van der Waals surface area contributed by atoms with Crippen LogP contribution in [0.25, 0.3) is 0 Å². The third kappa shape index (κ3) is 1.08. The van der Waals surface area contributed by atoms with E-state index in [9.17, 15) is 0 Å². The van der Waals surface area contributed by atoms with Crippen molar-refractivity contribution >= 4 is 29.6 Å². The Bertz CT molecular complexity index is 310. The lowest BCUT2D eigenvalue weighted by molar-refractivity contribution is -0.00983. The van der Waals surface area contributed by atoms with Gasteiger partial charge in [0.1, 0.15) is 0 Å². The SMILES string of the molecule is C1C2CC3CC1CC(C1=[Si]P=[Si]1)(C2)C3. The zero-order chi connectivity index (χ0) is 9.17.